The number of carbonyl (C=O) groups excluding carboxylic acids is 3. The molecule has 2 aromatic rings. The molecule has 1 aliphatic rings. The van der Waals surface area contributed by atoms with E-state index in [9.17, 15) is 23.2 Å². The Hall–Kier alpha value is -3.01. The molecule has 164 valence electrons. The zero-order valence-electron chi connectivity index (χ0n) is 16.5. The van der Waals surface area contributed by atoms with Crippen molar-refractivity contribution < 1.29 is 32.6 Å². The van der Waals surface area contributed by atoms with Crippen LogP contribution in [0.15, 0.2) is 40.9 Å². The molecule has 10 heteroatoms. The van der Waals surface area contributed by atoms with E-state index < -0.39 is 6.61 Å². The number of alkyl halides is 2. The zero-order valence-corrected chi connectivity index (χ0v) is 18.1. The van der Waals surface area contributed by atoms with Gasteiger partial charge in [-0.2, -0.15) is 8.78 Å². The number of nitrogens with one attached hydrogen (secondary N) is 1. The molecule has 7 nitrogen and oxygen atoms in total. The van der Waals surface area contributed by atoms with E-state index in [0.29, 0.717) is 27.6 Å². The molecule has 3 amide bonds. The Kier molecular flexibility index (Phi) is 7.21. The third-order valence-electron chi connectivity index (χ3n) is 4.65. The van der Waals surface area contributed by atoms with E-state index in [4.69, 9.17) is 4.74 Å². The third-order valence-corrected chi connectivity index (χ3v) is 5.15. The lowest BCUT2D eigenvalue weighted by atomic mass is 10.1. The smallest absolute Gasteiger partial charge is 0.387 e. The average Bonchev–Trinajstić information content (AvgIpc) is 2.96. The number of nitrogens with zero attached hydrogens (tertiary/aromatic N) is 1. The molecule has 0 saturated carbocycles. The summed E-state index contributed by atoms with van der Waals surface area (Å²) in [4.78, 5) is 38.1. The molecule has 1 heterocycles. The minimum absolute atomic E-state index is 0.0967. The summed E-state index contributed by atoms with van der Waals surface area (Å²) < 4.78 is 34.9. The summed E-state index contributed by atoms with van der Waals surface area (Å²) >= 11 is 3.28. The molecule has 0 saturated heterocycles. The summed E-state index contributed by atoms with van der Waals surface area (Å²) in [5, 5.41) is 2.70. The quantitative estimate of drug-likeness (QED) is 0.534. The first kappa shape index (κ1) is 22.7. The highest BCUT2D eigenvalue weighted by molar-refractivity contribution is 9.10. The lowest BCUT2D eigenvalue weighted by Crippen LogP contribution is -2.32. The topological polar surface area (TPSA) is 84.9 Å². The van der Waals surface area contributed by atoms with E-state index in [1.807, 2.05) is 0 Å². The highest BCUT2D eigenvalue weighted by Gasteiger charge is 2.35. The Labute approximate surface area is 185 Å². The molecular formula is C21H19BrF2N2O5. The molecule has 1 N–H and O–H groups in total. The standard InChI is InChI=1S/C21H19BrF2N2O5/c1-30-17-9-12(4-7-16(17)31-21(23)24)11-25-18(27)3-2-8-26-19(28)14-6-5-13(22)10-15(14)20(26)29/h4-7,9-10,21H,2-3,8,11H2,1H3,(H,25,27). The summed E-state index contributed by atoms with van der Waals surface area (Å²) in [6, 6.07) is 9.27. The van der Waals surface area contributed by atoms with Crippen LogP contribution >= 0.6 is 15.9 Å². The first-order valence-electron chi connectivity index (χ1n) is 9.34. The summed E-state index contributed by atoms with van der Waals surface area (Å²) in [5.74, 6) is -0.984. The Morgan fingerprint density at radius 1 is 1.10 bits per heavy atom. The van der Waals surface area contributed by atoms with Gasteiger partial charge in [0.25, 0.3) is 11.8 Å². The van der Waals surface area contributed by atoms with Crippen LogP contribution in [0.5, 0.6) is 11.5 Å². The first-order valence-corrected chi connectivity index (χ1v) is 10.1. The van der Waals surface area contributed by atoms with Crippen LogP contribution in [0.1, 0.15) is 39.1 Å². The van der Waals surface area contributed by atoms with E-state index in [-0.39, 0.29) is 48.7 Å². The number of carbonyl (C=O) groups is 3. The number of ether oxygens (including phenoxy) is 2. The minimum Gasteiger partial charge on any atom is -0.493 e. The van der Waals surface area contributed by atoms with Gasteiger partial charge in [-0.3, -0.25) is 19.3 Å². The molecule has 0 spiro atoms. The van der Waals surface area contributed by atoms with Crippen molar-refractivity contribution in [2.45, 2.75) is 26.0 Å². The van der Waals surface area contributed by atoms with Gasteiger partial charge in [0.05, 0.1) is 18.2 Å². The average molecular weight is 497 g/mol. The minimum atomic E-state index is -2.97. The summed E-state index contributed by atoms with van der Waals surface area (Å²) in [7, 11) is 1.33. The number of methoxy groups -OCH3 is 1. The number of halogens is 3. The van der Waals surface area contributed by atoms with Crippen molar-refractivity contribution in [1.29, 1.82) is 0 Å². The highest BCUT2D eigenvalue weighted by Crippen LogP contribution is 2.29. The molecule has 2 aromatic carbocycles. The van der Waals surface area contributed by atoms with Crippen LogP contribution in [-0.2, 0) is 11.3 Å². The van der Waals surface area contributed by atoms with Crippen molar-refractivity contribution in [2.75, 3.05) is 13.7 Å². The summed E-state index contributed by atoms with van der Waals surface area (Å²) in [6.45, 7) is -2.68. The number of hydrogen-bond acceptors (Lipinski definition) is 5. The largest absolute Gasteiger partial charge is 0.493 e. The fourth-order valence-corrected chi connectivity index (χ4v) is 3.53. The number of imide groups is 1. The van der Waals surface area contributed by atoms with Crippen molar-refractivity contribution in [3.8, 4) is 11.5 Å². The molecular weight excluding hydrogens is 478 g/mol. The van der Waals surface area contributed by atoms with E-state index in [1.54, 1.807) is 18.2 Å². The van der Waals surface area contributed by atoms with Gasteiger partial charge in [-0.05, 0) is 42.3 Å². The van der Waals surface area contributed by atoms with Crippen LogP contribution < -0.4 is 14.8 Å². The molecule has 1 aliphatic heterocycles. The Morgan fingerprint density at radius 3 is 2.55 bits per heavy atom. The van der Waals surface area contributed by atoms with Crippen LogP contribution in [0, 0.1) is 0 Å². The second kappa shape index (κ2) is 9.86. The van der Waals surface area contributed by atoms with E-state index in [0.717, 1.165) is 4.90 Å². The lowest BCUT2D eigenvalue weighted by molar-refractivity contribution is -0.121. The van der Waals surface area contributed by atoms with Crippen LogP contribution in [0.4, 0.5) is 8.78 Å². The molecule has 0 radical (unpaired) electrons. The van der Waals surface area contributed by atoms with Gasteiger partial charge in [-0.15, -0.1) is 0 Å². The summed E-state index contributed by atoms with van der Waals surface area (Å²) in [5.41, 5.74) is 1.33. The van der Waals surface area contributed by atoms with E-state index in [1.165, 1.54) is 25.3 Å². The van der Waals surface area contributed by atoms with Gasteiger partial charge in [0.2, 0.25) is 5.91 Å². The fraction of sp³-hybridized carbons (Fsp3) is 0.286. The van der Waals surface area contributed by atoms with Crippen molar-refractivity contribution in [3.05, 3.63) is 57.6 Å². The number of benzene rings is 2. The zero-order chi connectivity index (χ0) is 22.5. The van der Waals surface area contributed by atoms with Crippen molar-refractivity contribution in [1.82, 2.24) is 10.2 Å². The molecule has 0 aromatic heterocycles. The molecule has 3 rings (SSSR count). The number of amides is 3. The maximum absolute atomic E-state index is 12.4. The maximum atomic E-state index is 12.4. The second-order valence-corrected chi connectivity index (χ2v) is 7.61. The van der Waals surface area contributed by atoms with Crippen molar-refractivity contribution in [3.63, 3.8) is 0 Å². The predicted molar refractivity (Wildman–Crippen MR) is 110 cm³/mol. The Morgan fingerprint density at radius 2 is 1.84 bits per heavy atom. The maximum Gasteiger partial charge on any atom is 0.387 e. The van der Waals surface area contributed by atoms with Gasteiger partial charge in [0.1, 0.15) is 0 Å². The van der Waals surface area contributed by atoms with Crippen molar-refractivity contribution >= 4 is 33.7 Å². The Bertz CT molecular complexity index is 1020. The number of fused-ring (bicyclic) bond motifs is 1. The third kappa shape index (κ3) is 5.38. The van der Waals surface area contributed by atoms with Gasteiger partial charge in [-0.1, -0.05) is 22.0 Å². The van der Waals surface area contributed by atoms with Gasteiger partial charge < -0.3 is 14.8 Å². The van der Waals surface area contributed by atoms with Crippen molar-refractivity contribution in [2.24, 2.45) is 0 Å². The molecule has 0 unspecified atom stereocenters. The first-order chi connectivity index (χ1) is 14.8. The van der Waals surface area contributed by atoms with Gasteiger partial charge in [-0.25, -0.2) is 0 Å². The molecule has 0 fully saturated rings. The van der Waals surface area contributed by atoms with Crippen LogP contribution in [0.2, 0.25) is 0 Å². The van der Waals surface area contributed by atoms with Crippen LogP contribution in [-0.4, -0.2) is 42.9 Å². The van der Waals surface area contributed by atoms with Crippen LogP contribution in [0.3, 0.4) is 0 Å². The van der Waals surface area contributed by atoms with Gasteiger partial charge >= 0.3 is 6.61 Å². The highest BCUT2D eigenvalue weighted by atomic mass is 79.9. The lowest BCUT2D eigenvalue weighted by Gasteiger charge is -2.14. The Balaban J connectivity index is 1.48. The predicted octanol–water partition coefficient (Wildman–Crippen LogP) is 3.75. The van der Waals surface area contributed by atoms with E-state index >= 15 is 0 Å². The monoisotopic (exact) mass is 496 g/mol. The molecule has 0 aliphatic carbocycles. The molecule has 0 atom stereocenters. The van der Waals surface area contributed by atoms with Crippen LogP contribution in [0.25, 0.3) is 0 Å². The number of rotatable bonds is 9. The SMILES string of the molecule is COc1cc(CNC(=O)CCCN2C(=O)c3ccc(Br)cc3C2=O)ccc1OC(F)F. The summed E-state index contributed by atoms with van der Waals surface area (Å²) in [6.07, 6.45) is 0.420. The van der Waals surface area contributed by atoms with E-state index in [2.05, 4.69) is 26.0 Å². The number of hydrogen-bond donors (Lipinski definition) is 1. The molecule has 31 heavy (non-hydrogen) atoms. The van der Waals surface area contributed by atoms with Gasteiger partial charge in [0, 0.05) is 24.0 Å². The second-order valence-electron chi connectivity index (χ2n) is 6.70. The fourth-order valence-electron chi connectivity index (χ4n) is 3.17. The normalized spacial score (nSPS) is 12.9. The van der Waals surface area contributed by atoms with Gasteiger partial charge in [0.15, 0.2) is 11.5 Å². The molecule has 0 bridgehead atoms.